The van der Waals surface area contributed by atoms with E-state index in [0.29, 0.717) is 0 Å². The molecule has 0 aliphatic heterocycles. The number of allylic oxidation sites excluding steroid dienone is 3. The molecule has 0 heterocycles. The number of para-hydroxylation sites is 1. The Morgan fingerprint density at radius 3 is 1.01 bits per heavy atom. The van der Waals surface area contributed by atoms with Crippen molar-refractivity contribution in [3.63, 3.8) is 0 Å². The van der Waals surface area contributed by atoms with Crippen LogP contribution in [0, 0.1) is 13.8 Å². The van der Waals surface area contributed by atoms with Gasteiger partial charge in [0, 0.05) is 17.1 Å². The molecule has 67 heavy (non-hydrogen) atoms. The van der Waals surface area contributed by atoms with Crippen molar-refractivity contribution < 1.29 is 0 Å². The summed E-state index contributed by atoms with van der Waals surface area (Å²) >= 11 is 0. The summed E-state index contributed by atoms with van der Waals surface area (Å²) in [5.41, 5.74) is 15.5. The fourth-order valence-electron chi connectivity index (χ4n) is 9.74. The van der Waals surface area contributed by atoms with Crippen LogP contribution >= 0.6 is 0 Å². The number of anilines is 2. The molecule has 11 aromatic carbocycles. The molecule has 11 aromatic rings. The molecule has 0 atom stereocenters. The second-order valence-corrected chi connectivity index (χ2v) is 17.0. The lowest BCUT2D eigenvalue weighted by molar-refractivity contribution is 1.21. The van der Waals surface area contributed by atoms with Crippen LogP contribution in [0.2, 0.25) is 0 Å². The fourth-order valence-corrected chi connectivity index (χ4v) is 9.74. The van der Waals surface area contributed by atoms with E-state index < -0.39 is 0 Å². The number of nitrogens with zero attached hydrogens (tertiary/aromatic N) is 1. The molecule has 0 N–H and O–H groups in total. The van der Waals surface area contributed by atoms with Crippen LogP contribution in [-0.4, -0.2) is 0 Å². The van der Waals surface area contributed by atoms with Gasteiger partial charge in [-0.1, -0.05) is 231 Å². The van der Waals surface area contributed by atoms with Crippen LogP contribution in [0.3, 0.4) is 0 Å². The van der Waals surface area contributed by atoms with Gasteiger partial charge in [-0.2, -0.15) is 0 Å². The second kappa shape index (κ2) is 18.9. The zero-order chi connectivity index (χ0) is 45.7. The van der Waals surface area contributed by atoms with Crippen molar-refractivity contribution >= 4 is 54.5 Å². The highest BCUT2D eigenvalue weighted by Crippen LogP contribution is 2.47. The van der Waals surface area contributed by atoms with Crippen LogP contribution in [0.15, 0.2) is 268 Å². The Hall–Kier alpha value is -8.52. The van der Waals surface area contributed by atoms with Gasteiger partial charge in [-0.25, -0.2) is 0 Å². The predicted molar refractivity (Wildman–Crippen MR) is 291 cm³/mol. The first-order valence-corrected chi connectivity index (χ1v) is 23.0. The van der Waals surface area contributed by atoms with Crippen molar-refractivity contribution in [2.45, 2.75) is 13.8 Å². The summed E-state index contributed by atoms with van der Waals surface area (Å²) in [6, 6.07) is 83.4. The van der Waals surface area contributed by atoms with Gasteiger partial charge < -0.3 is 4.90 Å². The molecule has 0 radical (unpaired) electrons. The van der Waals surface area contributed by atoms with E-state index in [-0.39, 0.29) is 0 Å². The minimum Gasteiger partial charge on any atom is -0.311 e. The third-order valence-electron chi connectivity index (χ3n) is 12.8. The van der Waals surface area contributed by atoms with E-state index in [1.807, 2.05) is 42.5 Å². The van der Waals surface area contributed by atoms with E-state index in [1.165, 1.54) is 98.7 Å². The van der Waals surface area contributed by atoms with Gasteiger partial charge in [0.15, 0.2) is 0 Å². The Morgan fingerprint density at radius 2 is 0.657 bits per heavy atom. The van der Waals surface area contributed by atoms with Crippen molar-refractivity contribution in [1.82, 2.24) is 0 Å². The molecule has 0 aliphatic carbocycles. The Labute approximate surface area is 394 Å². The van der Waals surface area contributed by atoms with Gasteiger partial charge in [-0.05, 0) is 144 Å². The summed E-state index contributed by atoms with van der Waals surface area (Å²) < 4.78 is 0. The van der Waals surface area contributed by atoms with Gasteiger partial charge >= 0.3 is 0 Å². The first-order valence-electron chi connectivity index (χ1n) is 23.0. The zero-order valence-electron chi connectivity index (χ0n) is 38.0. The van der Waals surface area contributed by atoms with E-state index in [4.69, 9.17) is 0 Å². The average molecular weight is 858 g/mol. The summed E-state index contributed by atoms with van der Waals surface area (Å²) in [4.78, 5) is 2.22. The van der Waals surface area contributed by atoms with Crippen LogP contribution in [0.1, 0.15) is 11.1 Å². The number of aryl methyl sites for hydroxylation is 2. The number of hydrogen-bond acceptors (Lipinski definition) is 1. The van der Waals surface area contributed by atoms with E-state index >= 15 is 0 Å². The predicted octanol–water partition coefficient (Wildman–Crippen LogP) is 18.7. The zero-order valence-corrected chi connectivity index (χ0v) is 38.0. The highest BCUT2D eigenvalue weighted by Gasteiger charge is 2.20. The third kappa shape index (κ3) is 8.25. The van der Waals surface area contributed by atoms with Crippen molar-refractivity contribution in [2.24, 2.45) is 0 Å². The van der Waals surface area contributed by atoms with Gasteiger partial charge in [0.1, 0.15) is 0 Å². The largest absolute Gasteiger partial charge is 0.311 e. The second-order valence-electron chi connectivity index (χ2n) is 17.0. The topological polar surface area (TPSA) is 3.24 Å². The Bertz CT molecular complexity index is 3480. The molecule has 0 aliphatic rings. The van der Waals surface area contributed by atoms with Gasteiger partial charge in [0.25, 0.3) is 0 Å². The van der Waals surface area contributed by atoms with Gasteiger partial charge in [0.05, 0.1) is 0 Å². The molecule has 0 saturated heterocycles. The summed E-state index contributed by atoms with van der Waals surface area (Å²) in [7, 11) is 0. The van der Waals surface area contributed by atoms with Crippen molar-refractivity contribution in [2.75, 3.05) is 4.90 Å². The van der Waals surface area contributed by atoms with Gasteiger partial charge in [-0.15, -0.1) is 0 Å². The summed E-state index contributed by atoms with van der Waals surface area (Å²) in [5, 5.41) is 9.93. The molecule has 1 heteroatoms. The summed E-state index contributed by atoms with van der Waals surface area (Å²) in [6.45, 7) is 12.3. The van der Waals surface area contributed by atoms with Crippen molar-refractivity contribution in [1.29, 1.82) is 0 Å². The molecule has 0 spiro atoms. The van der Waals surface area contributed by atoms with Crippen LogP contribution < -0.4 is 4.90 Å². The Kier molecular flexibility index (Phi) is 12.0. The van der Waals surface area contributed by atoms with E-state index in [2.05, 4.69) is 238 Å². The van der Waals surface area contributed by atoms with Gasteiger partial charge in [0.2, 0.25) is 0 Å². The Balaban J connectivity index is 0.000000689. The molecule has 11 rings (SSSR count). The van der Waals surface area contributed by atoms with Crippen LogP contribution in [0.5, 0.6) is 0 Å². The monoisotopic (exact) mass is 857 g/mol. The standard InChI is InChI=1S/C59H43N.C7H8/c1-4-18-45(5-2)60(46-21-7-6-8-22-46)47-37-35-42(36-38-47)57-50-25-11-15-29-54(50)59(55-30-16-12-26-51(55)57)44-20-17-19-43(39-44)58-52-27-13-9-23-48(52)56(41-33-31-40(3)32-34-41)49-24-10-14-28-53(49)58;1-7-5-3-2-4-6-7/h4-39H,1-2H2,3H3;2-6H,1H3/b45-18+;. The highest BCUT2D eigenvalue weighted by atomic mass is 15.1. The van der Waals surface area contributed by atoms with Crippen LogP contribution in [0.25, 0.3) is 87.6 Å². The molecule has 0 bridgehead atoms. The lowest BCUT2D eigenvalue weighted by Gasteiger charge is -2.26. The molecule has 0 fully saturated rings. The van der Waals surface area contributed by atoms with Crippen molar-refractivity contribution in [3.05, 3.63) is 279 Å². The van der Waals surface area contributed by atoms with Crippen LogP contribution in [-0.2, 0) is 0 Å². The molecular formula is C66H51N. The quantitative estimate of drug-likeness (QED) is 0.103. The Morgan fingerprint density at radius 1 is 0.328 bits per heavy atom. The summed E-state index contributed by atoms with van der Waals surface area (Å²) in [6.07, 6.45) is 5.68. The minimum atomic E-state index is 0.953. The lowest BCUT2D eigenvalue weighted by Crippen LogP contribution is -2.14. The molecule has 0 saturated carbocycles. The smallest absolute Gasteiger partial charge is 0.0462 e. The number of fused-ring (bicyclic) bond motifs is 4. The molecule has 0 aromatic heterocycles. The number of benzene rings is 11. The summed E-state index contributed by atoms with van der Waals surface area (Å²) in [5.74, 6) is 0. The normalized spacial score (nSPS) is 11.3. The van der Waals surface area contributed by atoms with E-state index in [0.717, 1.165) is 17.1 Å². The van der Waals surface area contributed by atoms with Crippen molar-refractivity contribution in [3.8, 4) is 44.5 Å². The number of rotatable bonds is 9. The first-order chi connectivity index (χ1) is 33.0. The SMILES string of the molecule is C=C/C=C(\C=C)N(c1ccccc1)c1ccc(-c2c3ccccc3c(-c3cccc(-c4c5ccccc5c(-c5ccc(C)cc5)c5ccccc45)c3)c3ccccc23)cc1.Cc1ccccc1. The van der Waals surface area contributed by atoms with Gasteiger partial charge in [-0.3, -0.25) is 0 Å². The molecular weight excluding hydrogens is 807 g/mol. The molecule has 0 amide bonds. The lowest BCUT2D eigenvalue weighted by atomic mass is 9.83. The fraction of sp³-hybridized carbons (Fsp3) is 0.0303. The molecule has 1 nitrogen and oxygen atoms in total. The maximum Gasteiger partial charge on any atom is 0.0462 e. The highest BCUT2D eigenvalue weighted by molar-refractivity contribution is 6.23. The minimum absolute atomic E-state index is 0.953. The average Bonchev–Trinajstić information content (AvgIpc) is 3.38. The van der Waals surface area contributed by atoms with E-state index in [9.17, 15) is 0 Å². The van der Waals surface area contributed by atoms with Crippen LogP contribution in [0.4, 0.5) is 11.4 Å². The third-order valence-corrected chi connectivity index (χ3v) is 12.8. The maximum absolute atomic E-state index is 4.13. The first kappa shape index (κ1) is 42.4. The number of hydrogen-bond donors (Lipinski definition) is 0. The molecule has 320 valence electrons. The van der Waals surface area contributed by atoms with E-state index in [1.54, 1.807) is 0 Å². The molecule has 0 unspecified atom stereocenters. The maximum atomic E-state index is 4.13.